The highest BCUT2D eigenvalue weighted by atomic mass is 32.1. The molecule has 0 aliphatic carbocycles. The molecule has 7 heteroatoms. The van der Waals surface area contributed by atoms with Gasteiger partial charge < -0.3 is 10.2 Å². The molecule has 0 atom stereocenters. The van der Waals surface area contributed by atoms with Crippen molar-refractivity contribution in [2.75, 3.05) is 25.0 Å². The van der Waals surface area contributed by atoms with Crippen LogP contribution in [0.4, 0.5) is 5.69 Å². The maximum Gasteiger partial charge on any atom is 0.262 e. The van der Waals surface area contributed by atoms with Crippen LogP contribution in [-0.4, -0.2) is 35.6 Å². The Kier molecular flexibility index (Phi) is 5.37. The van der Waals surface area contributed by atoms with Gasteiger partial charge in [0.25, 0.3) is 5.56 Å². The SMILES string of the molecule is Cc1sc2ncn(CC(=O)NCCN(C)c3ccccc3)c(=O)c2c1C. The summed E-state index contributed by atoms with van der Waals surface area (Å²) >= 11 is 1.50. The van der Waals surface area contributed by atoms with Crippen molar-refractivity contribution >= 4 is 33.1 Å². The summed E-state index contributed by atoms with van der Waals surface area (Å²) in [7, 11) is 1.98. The summed E-state index contributed by atoms with van der Waals surface area (Å²) in [6, 6.07) is 9.97. The number of fused-ring (bicyclic) bond motifs is 1. The molecule has 0 aliphatic heterocycles. The third kappa shape index (κ3) is 3.77. The Labute approximate surface area is 156 Å². The zero-order chi connectivity index (χ0) is 18.7. The first-order valence-corrected chi connectivity index (χ1v) is 9.27. The standard InChI is InChI=1S/C19H22N4O2S/c1-13-14(2)26-18-17(13)19(25)23(12-21-18)11-16(24)20-9-10-22(3)15-7-5-4-6-8-15/h4-8,12H,9-11H2,1-3H3,(H,20,24). The number of aryl methyl sites for hydroxylation is 2. The monoisotopic (exact) mass is 370 g/mol. The quantitative estimate of drug-likeness (QED) is 0.723. The van der Waals surface area contributed by atoms with Gasteiger partial charge in [-0.25, -0.2) is 4.98 Å². The summed E-state index contributed by atoms with van der Waals surface area (Å²) < 4.78 is 1.37. The number of thiophene rings is 1. The Hall–Kier alpha value is -2.67. The van der Waals surface area contributed by atoms with Crippen molar-refractivity contribution in [3.63, 3.8) is 0 Å². The number of rotatable bonds is 6. The second-order valence-corrected chi connectivity index (χ2v) is 7.45. The predicted octanol–water partition coefficient (Wildman–Crippen LogP) is 2.33. The first-order valence-electron chi connectivity index (χ1n) is 8.45. The summed E-state index contributed by atoms with van der Waals surface area (Å²) in [6.07, 6.45) is 1.45. The van der Waals surface area contributed by atoms with Crippen LogP contribution in [0.1, 0.15) is 10.4 Å². The number of anilines is 1. The van der Waals surface area contributed by atoms with E-state index in [0.29, 0.717) is 18.5 Å². The van der Waals surface area contributed by atoms with Crippen LogP contribution in [0, 0.1) is 13.8 Å². The zero-order valence-electron chi connectivity index (χ0n) is 15.2. The van der Waals surface area contributed by atoms with E-state index in [0.717, 1.165) is 21.0 Å². The number of aromatic nitrogens is 2. The van der Waals surface area contributed by atoms with Crippen molar-refractivity contribution < 1.29 is 4.79 Å². The fourth-order valence-electron chi connectivity index (χ4n) is 2.77. The Morgan fingerprint density at radius 2 is 2.00 bits per heavy atom. The number of para-hydroxylation sites is 1. The van der Waals surface area contributed by atoms with Crippen LogP contribution in [-0.2, 0) is 11.3 Å². The first kappa shape index (κ1) is 18.1. The molecular weight excluding hydrogens is 348 g/mol. The smallest absolute Gasteiger partial charge is 0.262 e. The van der Waals surface area contributed by atoms with E-state index in [1.165, 1.54) is 22.2 Å². The maximum atomic E-state index is 12.6. The molecule has 0 radical (unpaired) electrons. The van der Waals surface area contributed by atoms with Gasteiger partial charge in [-0.2, -0.15) is 0 Å². The zero-order valence-corrected chi connectivity index (χ0v) is 16.0. The van der Waals surface area contributed by atoms with Gasteiger partial charge >= 0.3 is 0 Å². The van der Waals surface area contributed by atoms with E-state index in [2.05, 4.69) is 15.2 Å². The molecule has 26 heavy (non-hydrogen) atoms. The number of nitrogens with one attached hydrogen (secondary N) is 1. The summed E-state index contributed by atoms with van der Waals surface area (Å²) in [5.74, 6) is -0.195. The number of hydrogen-bond donors (Lipinski definition) is 1. The molecule has 0 saturated heterocycles. The molecular formula is C19H22N4O2S. The summed E-state index contributed by atoms with van der Waals surface area (Å²) in [6.45, 7) is 5.06. The van der Waals surface area contributed by atoms with Crippen LogP contribution in [0.2, 0.25) is 0 Å². The van der Waals surface area contributed by atoms with E-state index in [-0.39, 0.29) is 18.0 Å². The summed E-state index contributed by atoms with van der Waals surface area (Å²) in [5.41, 5.74) is 1.88. The van der Waals surface area contributed by atoms with Crippen molar-refractivity contribution in [3.05, 3.63) is 57.5 Å². The lowest BCUT2D eigenvalue weighted by atomic mass is 10.2. The van der Waals surface area contributed by atoms with Crippen molar-refractivity contribution in [2.45, 2.75) is 20.4 Å². The number of carbonyl (C=O) groups excluding carboxylic acids is 1. The molecule has 0 spiro atoms. The second-order valence-electron chi connectivity index (χ2n) is 6.25. The lowest BCUT2D eigenvalue weighted by Crippen LogP contribution is -2.36. The molecule has 2 heterocycles. The average Bonchev–Trinajstić information content (AvgIpc) is 2.93. The largest absolute Gasteiger partial charge is 0.373 e. The van der Waals surface area contributed by atoms with E-state index in [4.69, 9.17) is 0 Å². The first-order chi connectivity index (χ1) is 12.5. The molecule has 1 N–H and O–H groups in total. The van der Waals surface area contributed by atoms with Crippen LogP contribution in [0.3, 0.4) is 0 Å². The number of amides is 1. The Balaban J connectivity index is 1.60. The van der Waals surface area contributed by atoms with Crippen molar-refractivity contribution in [3.8, 4) is 0 Å². The van der Waals surface area contributed by atoms with E-state index in [9.17, 15) is 9.59 Å². The summed E-state index contributed by atoms with van der Waals surface area (Å²) in [4.78, 5) is 33.0. The van der Waals surface area contributed by atoms with Crippen LogP contribution in [0.15, 0.2) is 41.5 Å². The normalized spacial score (nSPS) is 10.9. The van der Waals surface area contributed by atoms with Gasteiger partial charge in [0, 0.05) is 30.7 Å². The third-order valence-electron chi connectivity index (χ3n) is 4.44. The van der Waals surface area contributed by atoms with Crippen LogP contribution < -0.4 is 15.8 Å². The predicted molar refractivity (Wildman–Crippen MR) is 106 cm³/mol. The minimum absolute atomic E-state index is 0.0227. The van der Waals surface area contributed by atoms with Gasteiger partial charge in [-0.15, -0.1) is 11.3 Å². The molecule has 2 aromatic heterocycles. The van der Waals surface area contributed by atoms with Gasteiger partial charge in [0.15, 0.2) is 0 Å². The van der Waals surface area contributed by atoms with Gasteiger partial charge in [-0.1, -0.05) is 18.2 Å². The lowest BCUT2D eigenvalue weighted by Gasteiger charge is -2.19. The second kappa shape index (κ2) is 7.70. The van der Waals surface area contributed by atoms with Crippen LogP contribution >= 0.6 is 11.3 Å². The summed E-state index contributed by atoms with van der Waals surface area (Å²) in [5, 5.41) is 3.48. The third-order valence-corrected chi connectivity index (χ3v) is 5.55. The molecule has 3 rings (SSSR count). The fraction of sp³-hybridized carbons (Fsp3) is 0.316. The Morgan fingerprint density at radius 3 is 2.73 bits per heavy atom. The highest BCUT2D eigenvalue weighted by Gasteiger charge is 2.13. The van der Waals surface area contributed by atoms with E-state index < -0.39 is 0 Å². The van der Waals surface area contributed by atoms with Gasteiger partial charge in [0.05, 0.1) is 11.7 Å². The molecule has 0 bridgehead atoms. The molecule has 0 fully saturated rings. The minimum Gasteiger partial charge on any atom is -0.373 e. The molecule has 1 amide bonds. The molecule has 3 aromatic rings. The number of hydrogen-bond acceptors (Lipinski definition) is 5. The van der Waals surface area contributed by atoms with Crippen molar-refractivity contribution in [2.24, 2.45) is 0 Å². The number of benzene rings is 1. The average molecular weight is 370 g/mol. The minimum atomic E-state index is -0.195. The molecule has 6 nitrogen and oxygen atoms in total. The van der Waals surface area contributed by atoms with Crippen molar-refractivity contribution in [1.29, 1.82) is 0 Å². The highest BCUT2D eigenvalue weighted by Crippen LogP contribution is 2.25. The molecule has 1 aromatic carbocycles. The van der Waals surface area contributed by atoms with Crippen LogP contribution in [0.25, 0.3) is 10.2 Å². The van der Waals surface area contributed by atoms with E-state index in [1.807, 2.05) is 51.2 Å². The lowest BCUT2D eigenvalue weighted by molar-refractivity contribution is -0.121. The Morgan fingerprint density at radius 1 is 1.27 bits per heavy atom. The topological polar surface area (TPSA) is 67.2 Å². The van der Waals surface area contributed by atoms with Crippen molar-refractivity contribution in [1.82, 2.24) is 14.9 Å². The maximum absolute atomic E-state index is 12.6. The van der Waals surface area contributed by atoms with Gasteiger partial charge in [0.1, 0.15) is 11.4 Å². The van der Waals surface area contributed by atoms with E-state index >= 15 is 0 Å². The molecule has 0 saturated carbocycles. The molecule has 0 unspecified atom stereocenters. The molecule has 136 valence electrons. The number of carbonyl (C=O) groups is 1. The van der Waals surface area contributed by atoms with Gasteiger partial charge in [-0.3, -0.25) is 14.2 Å². The molecule has 0 aliphatic rings. The highest BCUT2D eigenvalue weighted by molar-refractivity contribution is 7.18. The van der Waals surface area contributed by atoms with Gasteiger partial charge in [0.2, 0.25) is 5.91 Å². The van der Waals surface area contributed by atoms with Gasteiger partial charge in [-0.05, 0) is 31.5 Å². The van der Waals surface area contributed by atoms with Crippen LogP contribution in [0.5, 0.6) is 0 Å². The number of likely N-dealkylation sites (N-methyl/N-ethyl adjacent to an activating group) is 1. The Bertz CT molecular complexity index is 978. The van der Waals surface area contributed by atoms with E-state index in [1.54, 1.807) is 0 Å². The number of nitrogens with zero attached hydrogens (tertiary/aromatic N) is 3. The fourth-order valence-corrected chi connectivity index (χ4v) is 3.76.